The Morgan fingerprint density at radius 3 is 2.50 bits per heavy atom. The summed E-state index contributed by atoms with van der Waals surface area (Å²) < 4.78 is 0.978. The first-order valence-electron chi connectivity index (χ1n) is 9.14. The maximum Gasteiger partial charge on any atom is 0.231 e. The Morgan fingerprint density at radius 2 is 1.96 bits per heavy atom. The van der Waals surface area contributed by atoms with Gasteiger partial charge in [0.2, 0.25) is 5.91 Å². The van der Waals surface area contributed by atoms with Crippen LogP contribution in [0.25, 0.3) is 10.2 Å². The molecule has 7 heteroatoms. The van der Waals surface area contributed by atoms with Gasteiger partial charge in [-0.2, -0.15) is 0 Å². The number of aryl methyl sites for hydroxylation is 1. The van der Waals surface area contributed by atoms with Crippen LogP contribution < -0.4 is 4.90 Å². The first kappa shape index (κ1) is 21.4. The minimum atomic E-state index is 0. The number of likely N-dealkylation sites (N-methyl/N-ethyl adjacent to an activating group) is 1. The van der Waals surface area contributed by atoms with E-state index in [9.17, 15) is 4.79 Å². The smallest absolute Gasteiger partial charge is 0.231 e. The highest BCUT2D eigenvalue weighted by atomic mass is 35.5. The van der Waals surface area contributed by atoms with E-state index in [2.05, 4.69) is 18.7 Å². The molecule has 1 aliphatic rings. The highest BCUT2D eigenvalue weighted by Crippen LogP contribution is 2.37. The topological polar surface area (TPSA) is 36.4 Å². The Bertz CT molecular complexity index is 718. The predicted octanol–water partition coefficient (Wildman–Crippen LogP) is 5.15. The summed E-state index contributed by atoms with van der Waals surface area (Å²) in [5.41, 5.74) is 2.02. The van der Waals surface area contributed by atoms with Crippen molar-refractivity contribution in [2.24, 2.45) is 5.92 Å². The summed E-state index contributed by atoms with van der Waals surface area (Å²) in [6, 6.07) is 3.90. The van der Waals surface area contributed by atoms with Gasteiger partial charge in [0.15, 0.2) is 5.13 Å². The van der Waals surface area contributed by atoms with E-state index in [1.165, 1.54) is 11.3 Å². The van der Waals surface area contributed by atoms with E-state index in [1.54, 1.807) is 0 Å². The van der Waals surface area contributed by atoms with Crippen LogP contribution in [0.1, 0.15) is 38.7 Å². The summed E-state index contributed by atoms with van der Waals surface area (Å²) in [6.07, 6.45) is 3.17. The van der Waals surface area contributed by atoms with E-state index in [-0.39, 0.29) is 24.2 Å². The van der Waals surface area contributed by atoms with Gasteiger partial charge in [-0.15, -0.1) is 12.4 Å². The Hall–Kier alpha value is -0.880. The van der Waals surface area contributed by atoms with Crippen molar-refractivity contribution in [3.8, 4) is 0 Å². The molecule has 0 atom stereocenters. The fourth-order valence-corrected chi connectivity index (χ4v) is 4.51. The lowest BCUT2D eigenvalue weighted by molar-refractivity contribution is -0.124. The largest absolute Gasteiger partial charge is 0.302 e. The number of nitrogens with zero attached hydrogens (tertiary/aromatic N) is 3. The zero-order valence-electron chi connectivity index (χ0n) is 15.6. The molecule has 0 spiro atoms. The van der Waals surface area contributed by atoms with Crippen molar-refractivity contribution in [1.82, 2.24) is 9.88 Å². The van der Waals surface area contributed by atoms with Gasteiger partial charge in [-0.25, -0.2) is 4.98 Å². The van der Waals surface area contributed by atoms with Crippen molar-refractivity contribution in [3.63, 3.8) is 0 Å². The third-order valence-corrected chi connectivity index (χ3v) is 6.71. The van der Waals surface area contributed by atoms with Crippen molar-refractivity contribution < 1.29 is 4.79 Å². The van der Waals surface area contributed by atoms with Gasteiger partial charge < -0.3 is 4.90 Å². The van der Waals surface area contributed by atoms with Crippen LogP contribution in [0.15, 0.2) is 12.1 Å². The zero-order chi connectivity index (χ0) is 18.0. The Balaban J connectivity index is 0.00000243. The van der Waals surface area contributed by atoms with E-state index in [4.69, 9.17) is 16.6 Å². The number of rotatable bonds is 7. The van der Waals surface area contributed by atoms with Crippen molar-refractivity contribution in [2.45, 2.75) is 40.0 Å². The van der Waals surface area contributed by atoms with Crippen LogP contribution in [0.5, 0.6) is 0 Å². The summed E-state index contributed by atoms with van der Waals surface area (Å²) in [5, 5.41) is 1.50. The van der Waals surface area contributed by atoms with E-state index < -0.39 is 0 Å². The standard InChI is InChI=1S/C19H26ClN3OS.ClH/c1-4-22(5-2)11-12-23(18(24)14-7-6-8-14)19-21-16-13(3)9-10-15(20)17(16)25-19;/h9-10,14H,4-8,11-12H2,1-3H3;1H. The number of amides is 1. The zero-order valence-corrected chi connectivity index (χ0v) is 18.0. The van der Waals surface area contributed by atoms with Gasteiger partial charge in [-0.05, 0) is 44.5 Å². The number of carbonyl (C=O) groups is 1. The summed E-state index contributed by atoms with van der Waals surface area (Å²) in [6.45, 7) is 9.89. The summed E-state index contributed by atoms with van der Waals surface area (Å²) >= 11 is 7.90. The van der Waals surface area contributed by atoms with Crippen molar-refractivity contribution in [1.29, 1.82) is 0 Å². The van der Waals surface area contributed by atoms with Crippen LogP contribution in [-0.4, -0.2) is 42.0 Å². The fraction of sp³-hybridized carbons (Fsp3) is 0.579. The lowest BCUT2D eigenvalue weighted by atomic mass is 9.84. The third-order valence-electron chi connectivity index (χ3n) is 5.17. The molecular weight excluding hydrogens is 389 g/mol. The first-order chi connectivity index (χ1) is 12.0. The molecule has 1 heterocycles. The molecule has 1 fully saturated rings. The molecule has 0 N–H and O–H groups in total. The molecule has 0 bridgehead atoms. The van der Waals surface area contributed by atoms with Gasteiger partial charge in [0.25, 0.3) is 0 Å². The SMILES string of the molecule is CCN(CC)CCN(C(=O)C1CCC1)c1nc2c(C)ccc(Cl)c2s1.Cl. The number of halogens is 2. The van der Waals surface area contributed by atoms with Gasteiger partial charge in [-0.1, -0.05) is 49.3 Å². The molecule has 0 unspecified atom stereocenters. The molecule has 1 aliphatic carbocycles. The molecule has 2 aromatic rings. The highest BCUT2D eigenvalue weighted by molar-refractivity contribution is 7.23. The molecular formula is C19H27Cl2N3OS. The van der Waals surface area contributed by atoms with Crippen LogP contribution in [-0.2, 0) is 4.79 Å². The molecule has 1 aromatic heterocycles. The van der Waals surface area contributed by atoms with Gasteiger partial charge in [0.05, 0.1) is 15.2 Å². The molecule has 1 amide bonds. The van der Waals surface area contributed by atoms with Crippen LogP contribution in [0, 0.1) is 12.8 Å². The van der Waals surface area contributed by atoms with Crippen molar-refractivity contribution in [2.75, 3.05) is 31.1 Å². The number of anilines is 1. The quantitative estimate of drug-likeness (QED) is 0.626. The minimum absolute atomic E-state index is 0. The summed E-state index contributed by atoms with van der Waals surface area (Å²) in [5.74, 6) is 0.395. The number of thiazole rings is 1. The Kier molecular flexibility index (Phi) is 7.71. The van der Waals surface area contributed by atoms with Crippen molar-refractivity contribution >= 4 is 56.6 Å². The average molecular weight is 416 g/mol. The lowest BCUT2D eigenvalue weighted by Gasteiger charge is -2.31. The van der Waals surface area contributed by atoms with Gasteiger partial charge in [0.1, 0.15) is 0 Å². The molecule has 144 valence electrons. The van der Waals surface area contributed by atoms with E-state index in [0.29, 0.717) is 11.6 Å². The van der Waals surface area contributed by atoms with E-state index in [1.807, 2.05) is 24.0 Å². The van der Waals surface area contributed by atoms with Crippen LogP contribution >= 0.6 is 35.3 Å². The van der Waals surface area contributed by atoms with E-state index >= 15 is 0 Å². The monoisotopic (exact) mass is 415 g/mol. The lowest BCUT2D eigenvalue weighted by Crippen LogP contribution is -2.43. The van der Waals surface area contributed by atoms with Gasteiger partial charge >= 0.3 is 0 Å². The second-order valence-electron chi connectivity index (χ2n) is 6.68. The first-order valence-corrected chi connectivity index (χ1v) is 10.3. The second kappa shape index (κ2) is 9.36. The molecule has 0 saturated heterocycles. The number of fused-ring (bicyclic) bond motifs is 1. The number of aromatic nitrogens is 1. The normalized spacial score (nSPS) is 14.3. The van der Waals surface area contributed by atoms with Crippen LogP contribution in [0.2, 0.25) is 5.02 Å². The number of carbonyl (C=O) groups excluding carboxylic acids is 1. The molecule has 1 saturated carbocycles. The van der Waals surface area contributed by atoms with Gasteiger partial charge in [-0.3, -0.25) is 9.69 Å². The van der Waals surface area contributed by atoms with Crippen LogP contribution in [0.4, 0.5) is 5.13 Å². The predicted molar refractivity (Wildman–Crippen MR) is 114 cm³/mol. The molecule has 26 heavy (non-hydrogen) atoms. The molecule has 0 aliphatic heterocycles. The maximum atomic E-state index is 13.0. The molecule has 0 radical (unpaired) electrons. The highest BCUT2D eigenvalue weighted by Gasteiger charge is 2.32. The molecule has 3 rings (SSSR count). The number of hydrogen-bond donors (Lipinski definition) is 0. The third kappa shape index (κ3) is 4.33. The fourth-order valence-electron chi connectivity index (χ4n) is 3.16. The van der Waals surface area contributed by atoms with Crippen molar-refractivity contribution in [3.05, 3.63) is 22.7 Å². The number of hydrogen-bond acceptors (Lipinski definition) is 4. The average Bonchev–Trinajstić information content (AvgIpc) is 3.00. The Morgan fingerprint density at radius 1 is 1.27 bits per heavy atom. The molecule has 1 aromatic carbocycles. The molecule has 4 nitrogen and oxygen atoms in total. The number of benzene rings is 1. The van der Waals surface area contributed by atoms with Gasteiger partial charge in [0, 0.05) is 19.0 Å². The summed E-state index contributed by atoms with van der Waals surface area (Å²) in [7, 11) is 0. The maximum absolute atomic E-state index is 13.0. The second-order valence-corrected chi connectivity index (χ2v) is 8.07. The van der Waals surface area contributed by atoms with E-state index in [0.717, 1.165) is 59.8 Å². The summed E-state index contributed by atoms with van der Waals surface area (Å²) in [4.78, 5) is 22.0. The minimum Gasteiger partial charge on any atom is -0.302 e. The Labute approximate surface area is 170 Å². The van der Waals surface area contributed by atoms with Crippen LogP contribution in [0.3, 0.4) is 0 Å².